The molecule has 4 aromatic carbocycles. The van der Waals surface area contributed by atoms with Gasteiger partial charge in [0.25, 0.3) is 0 Å². The summed E-state index contributed by atoms with van der Waals surface area (Å²) in [5, 5.41) is 4.21. The number of hydrogen-bond donors (Lipinski definition) is 1. The van der Waals surface area contributed by atoms with E-state index in [9.17, 15) is 9.59 Å². The van der Waals surface area contributed by atoms with Crippen LogP contribution in [0.15, 0.2) is 95.4 Å². The molecule has 5 aromatic rings. The van der Waals surface area contributed by atoms with Crippen LogP contribution in [0.3, 0.4) is 0 Å². The van der Waals surface area contributed by atoms with Crippen molar-refractivity contribution in [2.75, 3.05) is 12.4 Å². The lowest BCUT2D eigenvalue weighted by molar-refractivity contribution is -0.143. The third-order valence-corrected chi connectivity index (χ3v) is 8.00. The van der Waals surface area contributed by atoms with Gasteiger partial charge in [-0.2, -0.15) is 0 Å². The molecule has 1 aromatic heterocycles. The van der Waals surface area contributed by atoms with E-state index in [-0.39, 0.29) is 12.6 Å². The number of halogens is 1. The normalized spacial score (nSPS) is 13.5. The van der Waals surface area contributed by atoms with E-state index in [0.29, 0.717) is 22.1 Å². The van der Waals surface area contributed by atoms with Gasteiger partial charge in [-0.3, -0.25) is 10.1 Å². The fourth-order valence-corrected chi connectivity index (χ4v) is 5.35. The number of furan rings is 1. The lowest BCUT2D eigenvalue weighted by Crippen LogP contribution is -2.21. The number of benzene rings is 4. The average molecular weight is 566 g/mol. The Kier molecular flexibility index (Phi) is 7.01. The van der Waals surface area contributed by atoms with Gasteiger partial charge in [0.2, 0.25) is 0 Å². The van der Waals surface area contributed by atoms with Crippen molar-refractivity contribution >= 4 is 40.3 Å². The fraction of sp³-hybridized carbons (Fsp3) is 0.176. The summed E-state index contributed by atoms with van der Waals surface area (Å²) >= 11 is 6.21. The Balaban J connectivity index is 1.25. The number of aryl methyl sites for hydroxylation is 1. The number of nitrogens with one attached hydrogen (secondary N) is 1. The molecule has 1 saturated carbocycles. The van der Waals surface area contributed by atoms with Crippen molar-refractivity contribution in [3.05, 3.63) is 113 Å². The molecule has 0 aliphatic heterocycles. The zero-order valence-electron chi connectivity index (χ0n) is 22.7. The first-order valence-electron chi connectivity index (χ1n) is 13.4. The van der Waals surface area contributed by atoms with Crippen LogP contribution in [0, 0.1) is 6.92 Å². The number of rotatable bonds is 7. The molecule has 1 N–H and O–H groups in total. The van der Waals surface area contributed by atoms with E-state index in [2.05, 4.69) is 5.32 Å². The summed E-state index contributed by atoms with van der Waals surface area (Å²) in [6, 6.07) is 29.1. The van der Waals surface area contributed by atoms with E-state index in [0.717, 1.165) is 51.6 Å². The van der Waals surface area contributed by atoms with Crippen LogP contribution in [-0.2, 0) is 26.3 Å². The predicted molar refractivity (Wildman–Crippen MR) is 160 cm³/mol. The standard InChI is InChI=1S/C34H28ClNO5/c1-21-7-16-27-29(19-21)41-31(30(27)36-33(38)40-20-25-5-3-4-6-28(25)35)24-10-8-22(9-11-24)23-12-14-26(15-13-23)34(17-18-34)32(37)39-2/h3-16,19H,17-18,20H2,1-2H3,(H,36,38). The minimum Gasteiger partial charge on any atom is -0.468 e. The number of amides is 1. The Morgan fingerprint density at radius 3 is 2.22 bits per heavy atom. The summed E-state index contributed by atoms with van der Waals surface area (Å²) in [7, 11) is 1.44. The zero-order valence-corrected chi connectivity index (χ0v) is 23.5. The van der Waals surface area contributed by atoms with Gasteiger partial charge in [0.1, 0.15) is 12.2 Å². The van der Waals surface area contributed by atoms with Gasteiger partial charge < -0.3 is 13.9 Å². The maximum Gasteiger partial charge on any atom is 0.412 e. The third kappa shape index (κ3) is 5.19. The van der Waals surface area contributed by atoms with Crippen molar-refractivity contribution in [2.45, 2.75) is 31.8 Å². The number of ether oxygens (including phenoxy) is 2. The van der Waals surface area contributed by atoms with Gasteiger partial charge >= 0.3 is 12.1 Å². The van der Waals surface area contributed by atoms with Crippen LogP contribution in [0.4, 0.5) is 10.5 Å². The Morgan fingerprint density at radius 1 is 0.902 bits per heavy atom. The number of methoxy groups -OCH3 is 1. The highest BCUT2D eigenvalue weighted by Crippen LogP contribution is 2.49. The van der Waals surface area contributed by atoms with E-state index < -0.39 is 11.5 Å². The van der Waals surface area contributed by atoms with Gasteiger partial charge in [-0.05, 0) is 60.2 Å². The molecule has 1 heterocycles. The summed E-state index contributed by atoms with van der Waals surface area (Å²) in [6.07, 6.45) is 1.02. The van der Waals surface area contributed by atoms with Crippen LogP contribution in [-0.4, -0.2) is 19.2 Å². The maximum atomic E-state index is 12.8. The molecule has 6 rings (SSSR count). The van der Waals surface area contributed by atoms with Crippen molar-refractivity contribution in [3.63, 3.8) is 0 Å². The van der Waals surface area contributed by atoms with Crippen molar-refractivity contribution in [2.24, 2.45) is 0 Å². The van der Waals surface area contributed by atoms with Crippen molar-refractivity contribution in [1.82, 2.24) is 0 Å². The summed E-state index contributed by atoms with van der Waals surface area (Å²) in [5.41, 5.74) is 6.33. The molecule has 0 spiro atoms. The second-order valence-electron chi connectivity index (χ2n) is 10.3. The largest absolute Gasteiger partial charge is 0.468 e. The molecule has 6 nitrogen and oxygen atoms in total. The van der Waals surface area contributed by atoms with Crippen LogP contribution < -0.4 is 5.32 Å². The second kappa shape index (κ2) is 10.8. The highest BCUT2D eigenvalue weighted by molar-refractivity contribution is 6.31. The van der Waals surface area contributed by atoms with Gasteiger partial charge in [0.15, 0.2) is 5.76 Å². The number of carbonyl (C=O) groups is 2. The molecule has 1 fully saturated rings. The van der Waals surface area contributed by atoms with Crippen molar-refractivity contribution in [3.8, 4) is 22.5 Å². The molecule has 7 heteroatoms. The smallest absolute Gasteiger partial charge is 0.412 e. The first kappa shape index (κ1) is 26.7. The molecule has 0 saturated heterocycles. The number of esters is 1. The van der Waals surface area contributed by atoms with Gasteiger partial charge in [-0.25, -0.2) is 4.79 Å². The number of hydrogen-bond acceptors (Lipinski definition) is 5. The predicted octanol–water partition coefficient (Wildman–Crippen LogP) is 8.68. The van der Waals surface area contributed by atoms with Crippen LogP contribution in [0.2, 0.25) is 5.02 Å². The molecule has 0 radical (unpaired) electrons. The lowest BCUT2D eigenvalue weighted by Gasteiger charge is -2.13. The lowest BCUT2D eigenvalue weighted by atomic mass is 9.93. The molecular formula is C34H28ClNO5. The fourth-order valence-electron chi connectivity index (χ4n) is 5.15. The zero-order chi connectivity index (χ0) is 28.6. The summed E-state index contributed by atoms with van der Waals surface area (Å²) in [4.78, 5) is 25.1. The van der Waals surface area contributed by atoms with Crippen LogP contribution >= 0.6 is 11.6 Å². The summed E-state index contributed by atoms with van der Waals surface area (Å²) in [6.45, 7) is 2.03. The van der Waals surface area contributed by atoms with E-state index in [1.54, 1.807) is 6.07 Å². The molecule has 41 heavy (non-hydrogen) atoms. The Morgan fingerprint density at radius 2 is 1.56 bits per heavy atom. The van der Waals surface area contributed by atoms with Crippen molar-refractivity contribution < 1.29 is 23.5 Å². The topological polar surface area (TPSA) is 77.8 Å². The molecule has 0 unspecified atom stereocenters. The van der Waals surface area contributed by atoms with Crippen LogP contribution in [0.5, 0.6) is 0 Å². The molecule has 1 amide bonds. The van der Waals surface area contributed by atoms with Gasteiger partial charge in [-0.1, -0.05) is 84.4 Å². The summed E-state index contributed by atoms with van der Waals surface area (Å²) in [5.74, 6) is 0.365. The number of carbonyl (C=O) groups excluding carboxylic acids is 2. The second-order valence-corrected chi connectivity index (χ2v) is 10.7. The minimum atomic E-state index is -0.605. The number of anilines is 1. The van der Waals surface area contributed by atoms with Crippen molar-refractivity contribution in [1.29, 1.82) is 0 Å². The monoisotopic (exact) mass is 565 g/mol. The van der Waals surface area contributed by atoms with E-state index in [1.807, 2.05) is 91.9 Å². The SMILES string of the molecule is COC(=O)C1(c2ccc(-c3ccc(-c4oc5cc(C)ccc5c4NC(=O)OCc4ccccc4Cl)cc3)cc2)CC1. The Hall–Kier alpha value is -4.55. The van der Waals surface area contributed by atoms with E-state index in [4.69, 9.17) is 25.5 Å². The van der Waals surface area contributed by atoms with Crippen LogP contribution in [0.1, 0.15) is 29.5 Å². The molecule has 206 valence electrons. The van der Waals surface area contributed by atoms with E-state index >= 15 is 0 Å². The first-order chi connectivity index (χ1) is 19.9. The first-order valence-corrected chi connectivity index (χ1v) is 13.8. The molecule has 0 bridgehead atoms. The van der Waals surface area contributed by atoms with Gasteiger partial charge in [0, 0.05) is 21.5 Å². The molecular weight excluding hydrogens is 538 g/mol. The average Bonchev–Trinajstić information content (AvgIpc) is 3.74. The van der Waals surface area contributed by atoms with Gasteiger partial charge in [-0.15, -0.1) is 0 Å². The molecule has 0 atom stereocenters. The van der Waals surface area contributed by atoms with Crippen LogP contribution in [0.25, 0.3) is 33.4 Å². The maximum absolute atomic E-state index is 12.8. The number of fused-ring (bicyclic) bond motifs is 1. The van der Waals surface area contributed by atoms with E-state index in [1.165, 1.54) is 7.11 Å². The minimum absolute atomic E-state index is 0.0456. The highest BCUT2D eigenvalue weighted by atomic mass is 35.5. The Labute approximate surface area is 242 Å². The third-order valence-electron chi connectivity index (χ3n) is 7.63. The van der Waals surface area contributed by atoms with Gasteiger partial charge in [0.05, 0.1) is 18.2 Å². The highest BCUT2D eigenvalue weighted by Gasteiger charge is 2.52. The quantitative estimate of drug-likeness (QED) is 0.200. The molecule has 1 aliphatic rings. The summed E-state index contributed by atoms with van der Waals surface area (Å²) < 4.78 is 16.7. The molecule has 1 aliphatic carbocycles. The Bertz CT molecular complexity index is 1750.